The summed E-state index contributed by atoms with van der Waals surface area (Å²) in [5.74, 6) is 2.22. The molecule has 0 fully saturated rings. The number of fused-ring (bicyclic) bond motifs is 1. The average molecular weight is 454 g/mol. The lowest BCUT2D eigenvalue weighted by molar-refractivity contribution is 0.0627. The van der Waals surface area contributed by atoms with E-state index in [-0.39, 0.29) is 13.4 Å². The van der Waals surface area contributed by atoms with Crippen molar-refractivity contribution < 1.29 is 19.3 Å². The van der Waals surface area contributed by atoms with Gasteiger partial charge < -0.3 is 19.3 Å². The van der Waals surface area contributed by atoms with E-state index in [0.717, 1.165) is 23.6 Å². The van der Waals surface area contributed by atoms with Gasteiger partial charge in [-0.3, -0.25) is 4.90 Å². The minimum Gasteiger partial charge on any atom is -0.491 e. The number of hydrogen-bond donors (Lipinski definition) is 1. The molecule has 3 aromatic rings. The number of hydrogen-bond acceptors (Lipinski definition) is 5. The van der Waals surface area contributed by atoms with E-state index in [1.807, 2.05) is 18.2 Å². The maximum atomic E-state index is 10.7. The number of benzene rings is 3. The fraction of sp³-hybridized carbons (Fsp3) is 0.308. The Bertz CT molecular complexity index is 1050. The van der Waals surface area contributed by atoms with Gasteiger partial charge in [0.15, 0.2) is 11.5 Å². The van der Waals surface area contributed by atoms with Gasteiger partial charge >= 0.3 is 0 Å². The van der Waals surface area contributed by atoms with Crippen molar-refractivity contribution in [3.63, 3.8) is 0 Å². The third-order valence-corrected chi connectivity index (χ3v) is 5.72. The highest BCUT2D eigenvalue weighted by Gasteiger charge is 2.18. The van der Waals surface area contributed by atoms with Crippen LogP contribution in [0, 0.1) is 13.8 Å². The Morgan fingerprint density at radius 3 is 2.56 bits per heavy atom. The predicted octanol–water partition coefficient (Wildman–Crippen LogP) is 5.13. The summed E-state index contributed by atoms with van der Waals surface area (Å²) in [5, 5.41) is 11.4. The summed E-state index contributed by atoms with van der Waals surface area (Å²) >= 11 is 5.93. The smallest absolute Gasteiger partial charge is 0.231 e. The molecule has 1 atom stereocenters. The van der Waals surface area contributed by atoms with E-state index in [1.54, 1.807) is 24.3 Å². The number of aryl methyl sites for hydroxylation is 2. The highest BCUT2D eigenvalue weighted by Crippen LogP contribution is 2.33. The number of aliphatic hydroxyl groups excluding tert-OH is 1. The van der Waals surface area contributed by atoms with E-state index in [0.29, 0.717) is 23.9 Å². The van der Waals surface area contributed by atoms with Crippen LogP contribution in [0.5, 0.6) is 17.2 Å². The van der Waals surface area contributed by atoms with Crippen LogP contribution in [0.15, 0.2) is 60.7 Å². The fourth-order valence-corrected chi connectivity index (χ4v) is 3.89. The van der Waals surface area contributed by atoms with Crippen molar-refractivity contribution in [1.82, 2.24) is 4.90 Å². The summed E-state index contributed by atoms with van der Waals surface area (Å²) in [7, 11) is 0. The van der Waals surface area contributed by atoms with Gasteiger partial charge in [0.25, 0.3) is 0 Å². The number of halogens is 1. The second-order valence-corrected chi connectivity index (χ2v) is 8.64. The van der Waals surface area contributed by atoms with Crippen LogP contribution in [0.2, 0.25) is 5.02 Å². The summed E-state index contributed by atoms with van der Waals surface area (Å²) in [5.41, 5.74) is 4.81. The van der Waals surface area contributed by atoms with Crippen LogP contribution in [0.25, 0.3) is 0 Å². The highest BCUT2D eigenvalue weighted by atomic mass is 35.5. The molecule has 0 saturated carbocycles. The maximum absolute atomic E-state index is 10.7. The second kappa shape index (κ2) is 10.3. The summed E-state index contributed by atoms with van der Waals surface area (Å²) in [6.07, 6.45) is -0.648. The third-order valence-electron chi connectivity index (χ3n) is 5.47. The first-order valence-corrected chi connectivity index (χ1v) is 11.1. The van der Waals surface area contributed by atoms with E-state index in [2.05, 4.69) is 36.9 Å². The maximum Gasteiger partial charge on any atom is 0.231 e. The SMILES string of the molecule is Cc1ccc(C)c(CN(Cc2ccc3c(c2)OCO3)C[C@@H](O)COc2ccc(Cl)cc2)c1. The van der Waals surface area contributed by atoms with Crippen LogP contribution in [0.4, 0.5) is 0 Å². The molecule has 6 heteroatoms. The topological polar surface area (TPSA) is 51.2 Å². The summed E-state index contributed by atoms with van der Waals surface area (Å²) in [4.78, 5) is 2.23. The highest BCUT2D eigenvalue weighted by molar-refractivity contribution is 6.30. The van der Waals surface area contributed by atoms with E-state index in [9.17, 15) is 5.11 Å². The van der Waals surface area contributed by atoms with Gasteiger partial charge in [-0.05, 0) is 66.9 Å². The van der Waals surface area contributed by atoms with Crippen molar-refractivity contribution in [2.75, 3.05) is 19.9 Å². The van der Waals surface area contributed by atoms with E-state index in [4.69, 9.17) is 25.8 Å². The average Bonchev–Trinajstić information content (AvgIpc) is 3.24. The lowest BCUT2D eigenvalue weighted by Gasteiger charge is -2.26. The Kier molecular flexibility index (Phi) is 7.20. The molecule has 1 aliphatic rings. The quantitative estimate of drug-likeness (QED) is 0.487. The molecule has 0 bridgehead atoms. The fourth-order valence-electron chi connectivity index (χ4n) is 3.77. The van der Waals surface area contributed by atoms with Crippen LogP contribution in [0.1, 0.15) is 22.3 Å². The minimum absolute atomic E-state index is 0.200. The zero-order valence-electron chi connectivity index (χ0n) is 18.4. The first kappa shape index (κ1) is 22.5. The molecular formula is C26H28ClNO4. The lowest BCUT2D eigenvalue weighted by Crippen LogP contribution is -2.35. The van der Waals surface area contributed by atoms with Gasteiger partial charge in [-0.1, -0.05) is 41.4 Å². The zero-order chi connectivity index (χ0) is 22.5. The molecule has 0 amide bonds. The van der Waals surface area contributed by atoms with Crippen molar-refractivity contribution in [1.29, 1.82) is 0 Å². The van der Waals surface area contributed by atoms with E-state index < -0.39 is 6.10 Å². The van der Waals surface area contributed by atoms with Crippen LogP contribution in [0.3, 0.4) is 0 Å². The van der Waals surface area contributed by atoms with Crippen molar-refractivity contribution in [2.24, 2.45) is 0 Å². The first-order valence-electron chi connectivity index (χ1n) is 10.7. The zero-order valence-corrected chi connectivity index (χ0v) is 19.1. The molecule has 0 saturated heterocycles. The lowest BCUT2D eigenvalue weighted by atomic mass is 10.0. The van der Waals surface area contributed by atoms with Gasteiger partial charge in [-0.15, -0.1) is 0 Å². The number of nitrogens with zero attached hydrogens (tertiary/aromatic N) is 1. The van der Waals surface area contributed by atoms with Gasteiger partial charge in [0.05, 0.1) is 0 Å². The molecular weight excluding hydrogens is 426 g/mol. The summed E-state index contributed by atoms with van der Waals surface area (Å²) in [6, 6.07) is 19.6. The van der Waals surface area contributed by atoms with Crippen molar-refractivity contribution in [3.8, 4) is 17.2 Å². The molecule has 1 N–H and O–H groups in total. The van der Waals surface area contributed by atoms with E-state index in [1.165, 1.54) is 16.7 Å². The molecule has 0 radical (unpaired) electrons. The molecule has 0 aromatic heterocycles. The van der Waals surface area contributed by atoms with Crippen molar-refractivity contribution in [2.45, 2.75) is 33.0 Å². The summed E-state index contributed by atoms with van der Waals surface area (Å²) in [6.45, 7) is 6.53. The van der Waals surface area contributed by atoms with Crippen LogP contribution in [-0.4, -0.2) is 36.1 Å². The number of aliphatic hydroxyl groups is 1. The van der Waals surface area contributed by atoms with Gasteiger partial charge in [0.2, 0.25) is 6.79 Å². The molecule has 5 nitrogen and oxygen atoms in total. The minimum atomic E-state index is -0.648. The molecule has 0 unspecified atom stereocenters. The molecule has 3 aromatic carbocycles. The Morgan fingerprint density at radius 1 is 0.969 bits per heavy atom. The second-order valence-electron chi connectivity index (χ2n) is 8.21. The van der Waals surface area contributed by atoms with Crippen molar-refractivity contribution >= 4 is 11.6 Å². The number of ether oxygens (including phenoxy) is 3. The summed E-state index contributed by atoms with van der Waals surface area (Å²) < 4.78 is 16.7. The molecule has 0 aliphatic carbocycles. The monoisotopic (exact) mass is 453 g/mol. The Balaban J connectivity index is 1.45. The first-order chi connectivity index (χ1) is 15.5. The molecule has 4 rings (SSSR count). The normalized spacial score (nSPS) is 13.4. The van der Waals surface area contributed by atoms with Crippen LogP contribution >= 0.6 is 11.6 Å². The Morgan fingerprint density at radius 2 is 1.75 bits per heavy atom. The Labute approximate surface area is 194 Å². The standard InChI is InChI=1S/C26H28ClNO4/c1-18-3-4-19(2)21(11-18)14-28(13-20-5-10-25-26(12-20)32-17-31-25)15-23(29)16-30-24-8-6-22(27)7-9-24/h3-12,23,29H,13-17H2,1-2H3/t23-/m1/s1. The van der Waals surface area contributed by atoms with Gasteiger partial charge in [-0.2, -0.15) is 0 Å². The molecule has 32 heavy (non-hydrogen) atoms. The van der Waals surface area contributed by atoms with E-state index >= 15 is 0 Å². The van der Waals surface area contributed by atoms with Gasteiger partial charge in [0, 0.05) is 24.7 Å². The molecule has 1 aliphatic heterocycles. The van der Waals surface area contributed by atoms with Crippen LogP contribution < -0.4 is 14.2 Å². The molecule has 0 spiro atoms. The molecule has 168 valence electrons. The largest absolute Gasteiger partial charge is 0.491 e. The predicted molar refractivity (Wildman–Crippen MR) is 126 cm³/mol. The third kappa shape index (κ3) is 5.94. The van der Waals surface area contributed by atoms with Gasteiger partial charge in [-0.25, -0.2) is 0 Å². The molecule has 1 heterocycles. The van der Waals surface area contributed by atoms with Crippen LogP contribution in [-0.2, 0) is 13.1 Å². The number of rotatable bonds is 9. The Hall–Kier alpha value is -2.73. The van der Waals surface area contributed by atoms with Gasteiger partial charge in [0.1, 0.15) is 18.5 Å². The van der Waals surface area contributed by atoms with Crippen molar-refractivity contribution in [3.05, 3.63) is 87.9 Å².